The molecule has 0 aromatic carbocycles. The monoisotopic (exact) mass is 333 g/mol. The molecule has 0 bridgehead atoms. The molecule has 0 saturated carbocycles. The van der Waals surface area contributed by atoms with Crippen LogP contribution in [0.4, 0.5) is 23.7 Å². The van der Waals surface area contributed by atoms with Gasteiger partial charge >= 0.3 is 12.2 Å². The second kappa shape index (κ2) is 8.14. The number of aliphatic hydroxyl groups is 1. The SMILES string of the molecule is CCC(CC)(CCO)CNC(=O)Nc1ccc(C(F)(F)F)nc1. The van der Waals surface area contributed by atoms with Crippen LogP contribution in [0.15, 0.2) is 18.3 Å². The number of amides is 2. The normalized spacial score (nSPS) is 12.1. The van der Waals surface area contributed by atoms with Crippen LogP contribution in [0.25, 0.3) is 0 Å². The minimum atomic E-state index is -4.51. The van der Waals surface area contributed by atoms with E-state index >= 15 is 0 Å². The number of carbonyl (C=O) groups is 1. The van der Waals surface area contributed by atoms with Gasteiger partial charge in [-0.2, -0.15) is 13.2 Å². The molecule has 1 heterocycles. The highest BCUT2D eigenvalue weighted by Gasteiger charge is 2.32. The summed E-state index contributed by atoms with van der Waals surface area (Å²) in [5.41, 5.74) is -1.02. The molecule has 1 aromatic rings. The molecule has 5 nitrogen and oxygen atoms in total. The Morgan fingerprint density at radius 2 is 1.91 bits per heavy atom. The Bertz CT molecular complexity index is 500. The fraction of sp³-hybridized carbons (Fsp3) is 0.600. The van der Waals surface area contributed by atoms with E-state index in [2.05, 4.69) is 15.6 Å². The van der Waals surface area contributed by atoms with Crippen molar-refractivity contribution in [2.75, 3.05) is 18.5 Å². The molecule has 3 N–H and O–H groups in total. The van der Waals surface area contributed by atoms with E-state index in [9.17, 15) is 18.0 Å². The van der Waals surface area contributed by atoms with Crippen LogP contribution in [0, 0.1) is 5.41 Å². The second-order valence-corrected chi connectivity index (χ2v) is 5.42. The molecule has 1 aromatic heterocycles. The van der Waals surface area contributed by atoms with Gasteiger partial charge in [0.25, 0.3) is 0 Å². The zero-order valence-electron chi connectivity index (χ0n) is 13.2. The third kappa shape index (κ3) is 5.70. The molecular weight excluding hydrogens is 311 g/mol. The van der Waals surface area contributed by atoms with Crippen LogP contribution >= 0.6 is 0 Å². The summed E-state index contributed by atoms with van der Waals surface area (Å²) >= 11 is 0. The fourth-order valence-electron chi connectivity index (χ4n) is 2.26. The molecule has 0 spiro atoms. The lowest BCUT2D eigenvalue weighted by atomic mass is 9.79. The molecule has 0 atom stereocenters. The number of hydrogen-bond acceptors (Lipinski definition) is 3. The van der Waals surface area contributed by atoms with E-state index in [1.165, 1.54) is 0 Å². The zero-order chi connectivity index (χ0) is 17.5. The van der Waals surface area contributed by atoms with E-state index in [0.717, 1.165) is 31.2 Å². The molecular formula is C15H22F3N3O2. The van der Waals surface area contributed by atoms with E-state index in [4.69, 9.17) is 5.11 Å². The largest absolute Gasteiger partial charge is 0.433 e. The third-order valence-corrected chi connectivity index (χ3v) is 4.08. The van der Waals surface area contributed by atoms with Crippen molar-refractivity contribution >= 4 is 11.7 Å². The number of nitrogens with one attached hydrogen (secondary N) is 2. The maximum absolute atomic E-state index is 12.4. The van der Waals surface area contributed by atoms with Crippen molar-refractivity contribution < 1.29 is 23.1 Å². The number of hydrogen-bond donors (Lipinski definition) is 3. The van der Waals surface area contributed by atoms with Gasteiger partial charge in [0.15, 0.2) is 0 Å². The standard InChI is InChI=1S/C15H22F3N3O2/c1-3-14(4-2,7-8-22)10-20-13(23)21-11-5-6-12(19-9-11)15(16,17)18/h5-6,9,22H,3-4,7-8,10H2,1-2H3,(H2,20,21,23). The minimum absolute atomic E-state index is 0.0355. The predicted octanol–water partition coefficient (Wildman–Crippen LogP) is 3.41. The van der Waals surface area contributed by atoms with Crippen LogP contribution in [0.3, 0.4) is 0 Å². The van der Waals surface area contributed by atoms with Crippen LogP contribution in [0.2, 0.25) is 0 Å². The predicted molar refractivity (Wildman–Crippen MR) is 81.0 cm³/mol. The first-order valence-electron chi connectivity index (χ1n) is 7.45. The van der Waals surface area contributed by atoms with Gasteiger partial charge in [-0.3, -0.25) is 0 Å². The number of anilines is 1. The zero-order valence-corrected chi connectivity index (χ0v) is 13.2. The number of halogens is 3. The van der Waals surface area contributed by atoms with Gasteiger partial charge in [-0.15, -0.1) is 0 Å². The van der Waals surface area contributed by atoms with E-state index < -0.39 is 17.9 Å². The molecule has 8 heteroatoms. The van der Waals surface area contributed by atoms with Gasteiger partial charge < -0.3 is 15.7 Å². The number of aromatic nitrogens is 1. The lowest BCUT2D eigenvalue weighted by Gasteiger charge is -2.31. The van der Waals surface area contributed by atoms with Crippen molar-refractivity contribution in [2.45, 2.75) is 39.3 Å². The molecule has 0 fully saturated rings. The number of carbonyl (C=O) groups excluding carboxylic acids is 1. The first-order chi connectivity index (χ1) is 10.8. The number of rotatable bonds is 7. The number of aliphatic hydroxyl groups excluding tert-OH is 1. The minimum Gasteiger partial charge on any atom is -0.396 e. The van der Waals surface area contributed by atoms with Crippen LogP contribution < -0.4 is 10.6 Å². The average molecular weight is 333 g/mol. The topological polar surface area (TPSA) is 74.2 Å². The van der Waals surface area contributed by atoms with Gasteiger partial charge in [0.05, 0.1) is 11.9 Å². The summed E-state index contributed by atoms with van der Waals surface area (Å²) in [6, 6.07) is 1.44. The first-order valence-corrected chi connectivity index (χ1v) is 7.45. The maximum atomic E-state index is 12.4. The van der Waals surface area contributed by atoms with Crippen molar-refractivity contribution in [1.82, 2.24) is 10.3 Å². The Morgan fingerprint density at radius 3 is 2.35 bits per heavy atom. The van der Waals surface area contributed by atoms with Crippen LogP contribution in [0.5, 0.6) is 0 Å². The van der Waals surface area contributed by atoms with Gasteiger partial charge in [-0.05, 0) is 36.8 Å². The van der Waals surface area contributed by atoms with Crippen molar-refractivity contribution in [3.63, 3.8) is 0 Å². The number of pyridine rings is 1. The van der Waals surface area contributed by atoms with Gasteiger partial charge in [0, 0.05) is 13.2 Å². The molecule has 2 amide bonds. The Morgan fingerprint density at radius 1 is 1.26 bits per heavy atom. The Hall–Kier alpha value is -1.83. The van der Waals surface area contributed by atoms with Crippen molar-refractivity contribution in [2.24, 2.45) is 5.41 Å². The molecule has 0 aliphatic carbocycles. The van der Waals surface area contributed by atoms with Crippen LogP contribution in [-0.4, -0.2) is 29.3 Å². The van der Waals surface area contributed by atoms with Crippen LogP contribution in [0.1, 0.15) is 38.8 Å². The summed E-state index contributed by atoms with van der Waals surface area (Å²) in [5, 5.41) is 14.3. The molecule has 0 aliphatic rings. The maximum Gasteiger partial charge on any atom is 0.433 e. The summed E-state index contributed by atoms with van der Waals surface area (Å²) in [4.78, 5) is 15.1. The van der Waals surface area contributed by atoms with E-state index in [1.807, 2.05) is 13.8 Å². The van der Waals surface area contributed by atoms with Gasteiger partial charge in [0.1, 0.15) is 5.69 Å². The number of alkyl halides is 3. The summed E-state index contributed by atoms with van der Waals surface area (Å²) in [6.45, 7) is 4.38. The highest BCUT2D eigenvalue weighted by molar-refractivity contribution is 5.89. The molecule has 0 radical (unpaired) electrons. The molecule has 0 saturated heterocycles. The Kier molecular flexibility index (Phi) is 6.80. The summed E-state index contributed by atoms with van der Waals surface area (Å²) in [7, 11) is 0. The smallest absolute Gasteiger partial charge is 0.396 e. The van der Waals surface area contributed by atoms with E-state index in [1.54, 1.807) is 0 Å². The second-order valence-electron chi connectivity index (χ2n) is 5.42. The number of nitrogens with zero attached hydrogens (tertiary/aromatic N) is 1. The molecule has 0 aliphatic heterocycles. The quantitative estimate of drug-likeness (QED) is 0.716. The lowest BCUT2D eigenvalue weighted by molar-refractivity contribution is -0.141. The van der Waals surface area contributed by atoms with Crippen molar-refractivity contribution in [1.29, 1.82) is 0 Å². The molecule has 130 valence electrons. The molecule has 1 rings (SSSR count). The molecule has 23 heavy (non-hydrogen) atoms. The van der Waals surface area contributed by atoms with E-state index in [0.29, 0.717) is 13.0 Å². The molecule has 0 unspecified atom stereocenters. The van der Waals surface area contributed by atoms with Crippen molar-refractivity contribution in [3.8, 4) is 0 Å². The average Bonchev–Trinajstić information content (AvgIpc) is 2.51. The Balaban J connectivity index is 2.59. The lowest BCUT2D eigenvalue weighted by Crippen LogP contribution is -2.39. The van der Waals surface area contributed by atoms with Gasteiger partial charge in [-0.25, -0.2) is 9.78 Å². The van der Waals surface area contributed by atoms with Crippen LogP contribution in [-0.2, 0) is 6.18 Å². The number of urea groups is 1. The highest BCUT2D eigenvalue weighted by Crippen LogP contribution is 2.29. The Labute approximate surface area is 133 Å². The first kappa shape index (κ1) is 19.2. The van der Waals surface area contributed by atoms with Gasteiger partial charge in [-0.1, -0.05) is 13.8 Å². The van der Waals surface area contributed by atoms with E-state index in [-0.39, 0.29) is 17.7 Å². The van der Waals surface area contributed by atoms with Crippen molar-refractivity contribution in [3.05, 3.63) is 24.0 Å². The third-order valence-electron chi connectivity index (χ3n) is 4.08. The summed E-state index contributed by atoms with van der Waals surface area (Å²) in [6.07, 6.45) is -1.38. The highest BCUT2D eigenvalue weighted by atomic mass is 19.4. The van der Waals surface area contributed by atoms with Gasteiger partial charge in [0.2, 0.25) is 0 Å². The fourth-order valence-corrected chi connectivity index (χ4v) is 2.26. The summed E-state index contributed by atoms with van der Waals surface area (Å²) in [5.74, 6) is 0. The summed E-state index contributed by atoms with van der Waals surface area (Å²) < 4.78 is 37.2.